The van der Waals surface area contributed by atoms with E-state index in [0.29, 0.717) is 0 Å². The van der Waals surface area contributed by atoms with E-state index in [1.165, 1.54) is 32.5 Å². The van der Waals surface area contributed by atoms with Gasteiger partial charge >= 0.3 is 0 Å². The van der Waals surface area contributed by atoms with Crippen molar-refractivity contribution in [1.29, 1.82) is 0 Å². The Hall–Kier alpha value is -0.0800. The quantitative estimate of drug-likeness (QED) is 0.702. The van der Waals surface area contributed by atoms with E-state index in [2.05, 4.69) is 38.0 Å². The van der Waals surface area contributed by atoms with Gasteiger partial charge in [-0.25, -0.2) is 0 Å². The molecule has 2 nitrogen and oxygen atoms in total. The SMILES string of the molecule is CCC(CC)N(C)CC(C)C1CNC1. The van der Waals surface area contributed by atoms with Gasteiger partial charge < -0.3 is 10.2 Å². The van der Waals surface area contributed by atoms with Gasteiger partial charge in [-0.1, -0.05) is 20.8 Å². The molecule has 0 aromatic carbocycles. The molecule has 1 fully saturated rings. The topological polar surface area (TPSA) is 15.3 Å². The van der Waals surface area contributed by atoms with Crippen LogP contribution in [0.3, 0.4) is 0 Å². The summed E-state index contributed by atoms with van der Waals surface area (Å²) in [6.07, 6.45) is 2.56. The highest BCUT2D eigenvalue weighted by molar-refractivity contribution is 4.81. The fourth-order valence-electron chi connectivity index (χ4n) is 2.38. The van der Waals surface area contributed by atoms with Crippen molar-refractivity contribution in [2.24, 2.45) is 11.8 Å². The monoisotopic (exact) mass is 198 g/mol. The van der Waals surface area contributed by atoms with Gasteiger partial charge in [0, 0.05) is 12.6 Å². The van der Waals surface area contributed by atoms with Crippen LogP contribution in [0.2, 0.25) is 0 Å². The Kier molecular flexibility index (Phi) is 4.90. The van der Waals surface area contributed by atoms with E-state index >= 15 is 0 Å². The first-order valence-corrected chi connectivity index (χ1v) is 6.09. The zero-order valence-electron chi connectivity index (χ0n) is 10.2. The summed E-state index contributed by atoms with van der Waals surface area (Å²) in [5.41, 5.74) is 0. The molecule has 84 valence electrons. The van der Waals surface area contributed by atoms with Gasteiger partial charge in [-0.3, -0.25) is 0 Å². The van der Waals surface area contributed by atoms with E-state index in [9.17, 15) is 0 Å². The molecular weight excluding hydrogens is 172 g/mol. The number of nitrogens with one attached hydrogen (secondary N) is 1. The zero-order valence-corrected chi connectivity index (χ0v) is 10.2. The summed E-state index contributed by atoms with van der Waals surface area (Å²) in [5, 5.41) is 3.35. The van der Waals surface area contributed by atoms with Gasteiger partial charge in [-0.2, -0.15) is 0 Å². The number of nitrogens with zero attached hydrogens (tertiary/aromatic N) is 1. The second-order valence-electron chi connectivity index (χ2n) is 4.81. The van der Waals surface area contributed by atoms with Crippen molar-refractivity contribution in [2.75, 3.05) is 26.7 Å². The third-order valence-corrected chi connectivity index (χ3v) is 3.76. The van der Waals surface area contributed by atoms with Crippen molar-refractivity contribution < 1.29 is 0 Å². The van der Waals surface area contributed by atoms with Gasteiger partial charge in [0.15, 0.2) is 0 Å². The minimum absolute atomic E-state index is 0.783. The molecule has 0 aromatic rings. The Morgan fingerprint density at radius 1 is 1.29 bits per heavy atom. The van der Waals surface area contributed by atoms with E-state index in [4.69, 9.17) is 0 Å². The van der Waals surface area contributed by atoms with Crippen LogP contribution in [0.25, 0.3) is 0 Å². The van der Waals surface area contributed by atoms with Crippen LogP contribution >= 0.6 is 0 Å². The van der Waals surface area contributed by atoms with E-state index in [-0.39, 0.29) is 0 Å². The molecule has 0 aliphatic carbocycles. The summed E-state index contributed by atoms with van der Waals surface area (Å²) >= 11 is 0. The van der Waals surface area contributed by atoms with Crippen molar-refractivity contribution in [3.63, 3.8) is 0 Å². The zero-order chi connectivity index (χ0) is 10.6. The average Bonchev–Trinajstić information content (AvgIpc) is 2.02. The lowest BCUT2D eigenvalue weighted by molar-refractivity contribution is 0.148. The van der Waals surface area contributed by atoms with E-state index in [0.717, 1.165) is 17.9 Å². The van der Waals surface area contributed by atoms with Crippen LogP contribution in [0.1, 0.15) is 33.6 Å². The number of rotatable bonds is 6. The summed E-state index contributed by atoms with van der Waals surface area (Å²) in [6, 6.07) is 0.783. The van der Waals surface area contributed by atoms with Crippen molar-refractivity contribution in [3.05, 3.63) is 0 Å². The maximum absolute atomic E-state index is 3.35. The Labute approximate surface area is 89.1 Å². The van der Waals surface area contributed by atoms with Crippen molar-refractivity contribution in [2.45, 2.75) is 39.7 Å². The molecule has 1 unspecified atom stereocenters. The Balaban J connectivity index is 2.26. The smallest absolute Gasteiger partial charge is 0.00870 e. The Bertz CT molecular complexity index is 150. The lowest BCUT2D eigenvalue weighted by atomic mass is 9.88. The molecular formula is C12H26N2. The molecule has 0 saturated carbocycles. The molecule has 0 spiro atoms. The highest BCUT2D eigenvalue weighted by Crippen LogP contribution is 2.18. The van der Waals surface area contributed by atoms with Crippen LogP contribution in [0, 0.1) is 11.8 Å². The van der Waals surface area contributed by atoms with Gasteiger partial charge in [0.25, 0.3) is 0 Å². The van der Waals surface area contributed by atoms with Gasteiger partial charge in [-0.05, 0) is 44.8 Å². The molecule has 1 aliphatic heterocycles. The molecule has 1 rings (SSSR count). The summed E-state index contributed by atoms with van der Waals surface area (Å²) in [6.45, 7) is 10.7. The molecule has 0 aromatic heterocycles. The molecule has 0 amide bonds. The lowest BCUT2D eigenvalue weighted by Crippen LogP contribution is -2.48. The van der Waals surface area contributed by atoms with Gasteiger partial charge in [0.2, 0.25) is 0 Å². The fourth-order valence-corrected chi connectivity index (χ4v) is 2.38. The summed E-state index contributed by atoms with van der Waals surface area (Å²) < 4.78 is 0. The Morgan fingerprint density at radius 3 is 2.21 bits per heavy atom. The second-order valence-corrected chi connectivity index (χ2v) is 4.81. The normalized spacial score (nSPS) is 20.1. The van der Waals surface area contributed by atoms with Crippen LogP contribution in [-0.4, -0.2) is 37.6 Å². The van der Waals surface area contributed by atoms with Crippen molar-refractivity contribution in [1.82, 2.24) is 10.2 Å². The van der Waals surface area contributed by atoms with Crippen LogP contribution in [0.5, 0.6) is 0 Å². The molecule has 2 heteroatoms. The van der Waals surface area contributed by atoms with Crippen molar-refractivity contribution in [3.8, 4) is 0 Å². The van der Waals surface area contributed by atoms with Crippen LogP contribution in [0.4, 0.5) is 0 Å². The first-order chi connectivity index (χ1) is 6.69. The molecule has 1 aliphatic rings. The minimum atomic E-state index is 0.783. The van der Waals surface area contributed by atoms with E-state index in [1.54, 1.807) is 0 Å². The fraction of sp³-hybridized carbons (Fsp3) is 1.00. The van der Waals surface area contributed by atoms with Crippen LogP contribution in [-0.2, 0) is 0 Å². The van der Waals surface area contributed by atoms with Crippen molar-refractivity contribution >= 4 is 0 Å². The molecule has 0 radical (unpaired) electrons. The van der Waals surface area contributed by atoms with Crippen LogP contribution in [0.15, 0.2) is 0 Å². The number of hydrogen-bond donors (Lipinski definition) is 1. The highest BCUT2D eigenvalue weighted by Gasteiger charge is 2.25. The molecule has 14 heavy (non-hydrogen) atoms. The van der Waals surface area contributed by atoms with Gasteiger partial charge in [-0.15, -0.1) is 0 Å². The van der Waals surface area contributed by atoms with Gasteiger partial charge in [0.1, 0.15) is 0 Å². The predicted molar refractivity (Wildman–Crippen MR) is 62.5 cm³/mol. The maximum atomic E-state index is 3.35. The molecule has 1 atom stereocenters. The molecule has 0 bridgehead atoms. The third kappa shape index (κ3) is 2.96. The average molecular weight is 198 g/mol. The molecule has 1 saturated heterocycles. The molecule has 1 heterocycles. The van der Waals surface area contributed by atoms with E-state index in [1.807, 2.05) is 0 Å². The number of hydrogen-bond acceptors (Lipinski definition) is 2. The van der Waals surface area contributed by atoms with Gasteiger partial charge in [0.05, 0.1) is 0 Å². The standard InChI is InChI=1S/C12H26N2/c1-5-12(6-2)14(4)9-10(3)11-7-13-8-11/h10-13H,5-9H2,1-4H3. The first kappa shape index (κ1) is 12.0. The van der Waals surface area contributed by atoms with Crippen LogP contribution < -0.4 is 5.32 Å². The summed E-state index contributed by atoms with van der Waals surface area (Å²) in [7, 11) is 2.28. The largest absolute Gasteiger partial charge is 0.316 e. The molecule has 1 N–H and O–H groups in total. The van der Waals surface area contributed by atoms with E-state index < -0.39 is 0 Å². The maximum Gasteiger partial charge on any atom is 0.00870 e. The second kappa shape index (κ2) is 5.72. The highest BCUT2D eigenvalue weighted by atomic mass is 15.1. The summed E-state index contributed by atoms with van der Waals surface area (Å²) in [4.78, 5) is 2.54. The predicted octanol–water partition coefficient (Wildman–Crippen LogP) is 1.96. The minimum Gasteiger partial charge on any atom is -0.316 e. The summed E-state index contributed by atoms with van der Waals surface area (Å²) in [5.74, 6) is 1.77. The first-order valence-electron chi connectivity index (χ1n) is 6.09. The lowest BCUT2D eigenvalue weighted by Gasteiger charge is -2.36. The Morgan fingerprint density at radius 2 is 1.86 bits per heavy atom. The third-order valence-electron chi connectivity index (χ3n) is 3.76.